The van der Waals surface area contributed by atoms with Gasteiger partial charge in [-0.05, 0) is 0 Å². The molecule has 1 aromatic rings. The number of anilines is 1. The van der Waals surface area contributed by atoms with Gasteiger partial charge in [-0.2, -0.15) is 4.37 Å². The van der Waals surface area contributed by atoms with Crippen LogP contribution in [0.2, 0.25) is 0 Å². The van der Waals surface area contributed by atoms with E-state index in [4.69, 9.17) is 10.8 Å². The molecule has 0 saturated carbocycles. The lowest BCUT2D eigenvalue weighted by atomic mass is 10.4. The van der Waals surface area contributed by atoms with Gasteiger partial charge >= 0.3 is 0 Å². The molecular formula is C4H7N3OS. The molecule has 5 heteroatoms. The first-order valence-electron chi connectivity index (χ1n) is 2.52. The number of rotatable bonds is 2. The van der Waals surface area contributed by atoms with E-state index in [0.717, 1.165) is 11.5 Å². The first-order valence-corrected chi connectivity index (χ1v) is 3.29. The van der Waals surface area contributed by atoms with E-state index in [-0.39, 0.29) is 6.61 Å². The first kappa shape index (κ1) is 6.44. The molecule has 0 saturated heterocycles. The Bertz CT molecular complexity index is 188. The van der Waals surface area contributed by atoms with Crippen molar-refractivity contribution in [3.8, 4) is 0 Å². The molecule has 1 aromatic heterocycles. The van der Waals surface area contributed by atoms with Crippen LogP contribution in [0.15, 0.2) is 0 Å². The minimum absolute atomic E-state index is 0.0795. The molecule has 3 N–H and O–H groups in total. The van der Waals surface area contributed by atoms with Crippen molar-refractivity contribution >= 4 is 16.7 Å². The zero-order valence-electron chi connectivity index (χ0n) is 4.74. The highest BCUT2D eigenvalue weighted by atomic mass is 32.1. The van der Waals surface area contributed by atoms with Gasteiger partial charge in [0, 0.05) is 18.0 Å². The SMILES string of the molecule is Nc1nc(CCO)ns1. The monoisotopic (exact) mass is 145 g/mol. The van der Waals surface area contributed by atoms with E-state index in [1.165, 1.54) is 0 Å². The number of aromatic nitrogens is 2. The van der Waals surface area contributed by atoms with Crippen LogP contribution in [0.5, 0.6) is 0 Å². The van der Waals surface area contributed by atoms with Gasteiger partial charge in [0.25, 0.3) is 0 Å². The normalized spacial score (nSPS) is 9.89. The molecule has 0 unspecified atom stereocenters. The van der Waals surface area contributed by atoms with Crippen LogP contribution in [-0.2, 0) is 6.42 Å². The van der Waals surface area contributed by atoms with Crippen LogP contribution in [0, 0.1) is 0 Å². The van der Waals surface area contributed by atoms with Crippen LogP contribution < -0.4 is 5.73 Å². The quantitative estimate of drug-likeness (QED) is 0.597. The highest BCUT2D eigenvalue weighted by molar-refractivity contribution is 7.09. The van der Waals surface area contributed by atoms with Crippen molar-refractivity contribution < 1.29 is 5.11 Å². The van der Waals surface area contributed by atoms with E-state index < -0.39 is 0 Å². The molecule has 0 bridgehead atoms. The lowest BCUT2D eigenvalue weighted by Crippen LogP contribution is -1.92. The molecule has 9 heavy (non-hydrogen) atoms. The lowest BCUT2D eigenvalue weighted by molar-refractivity contribution is 0.297. The maximum atomic E-state index is 8.41. The minimum atomic E-state index is 0.0795. The second-order valence-corrected chi connectivity index (χ2v) is 2.31. The number of nitrogen functional groups attached to an aromatic ring is 1. The summed E-state index contributed by atoms with van der Waals surface area (Å²) >= 11 is 1.15. The van der Waals surface area contributed by atoms with Gasteiger partial charge in [0.2, 0.25) is 0 Å². The fourth-order valence-corrected chi connectivity index (χ4v) is 0.946. The maximum Gasteiger partial charge on any atom is 0.199 e. The molecule has 0 aliphatic heterocycles. The van der Waals surface area contributed by atoms with E-state index in [1.807, 2.05) is 0 Å². The summed E-state index contributed by atoms with van der Waals surface area (Å²) < 4.78 is 3.85. The largest absolute Gasteiger partial charge is 0.396 e. The predicted molar refractivity (Wildman–Crippen MR) is 35.1 cm³/mol. The van der Waals surface area contributed by atoms with Crippen LogP contribution >= 0.6 is 11.5 Å². The van der Waals surface area contributed by atoms with Crippen LogP contribution in [0.25, 0.3) is 0 Å². The van der Waals surface area contributed by atoms with E-state index in [0.29, 0.717) is 17.4 Å². The van der Waals surface area contributed by atoms with Gasteiger partial charge in [0.15, 0.2) is 5.13 Å². The molecule has 50 valence electrons. The third kappa shape index (κ3) is 1.62. The Balaban J connectivity index is 2.61. The summed E-state index contributed by atoms with van der Waals surface area (Å²) in [6.45, 7) is 0.0795. The van der Waals surface area contributed by atoms with E-state index >= 15 is 0 Å². The summed E-state index contributed by atoms with van der Waals surface area (Å²) in [5.74, 6) is 0.625. The molecule has 0 aliphatic carbocycles. The third-order valence-corrected chi connectivity index (χ3v) is 1.40. The number of nitrogens with zero attached hydrogens (tertiary/aromatic N) is 2. The number of aliphatic hydroxyl groups excluding tert-OH is 1. The second-order valence-electron chi connectivity index (χ2n) is 1.52. The Morgan fingerprint density at radius 2 is 2.44 bits per heavy atom. The van der Waals surface area contributed by atoms with Gasteiger partial charge < -0.3 is 10.8 Å². The van der Waals surface area contributed by atoms with Crippen molar-refractivity contribution in [3.63, 3.8) is 0 Å². The standard InChI is InChI=1S/C4H7N3OS/c5-4-6-3(1-2-8)7-9-4/h8H,1-2H2,(H2,5,6,7). The van der Waals surface area contributed by atoms with Gasteiger partial charge in [-0.25, -0.2) is 4.98 Å². The number of hydrogen-bond acceptors (Lipinski definition) is 5. The number of aliphatic hydroxyl groups is 1. The summed E-state index contributed by atoms with van der Waals surface area (Å²) in [4.78, 5) is 3.83. The molecule has 0 aliphatic rings. The van der Waals surface area contributed by atoms with Crippen molar-refractivity contribution in [2.24, 2.45) is 0 Å². The third-order valence-electron chi connectivity index (χ3n) is 0.819. The van der Waals surface area contributed by atoms with Crippen molar-refractivity contribution in [3.05, 3.63) is 5.82 Å². The molecule has 0 spiro atoms. The zero-order chi connectivity index (χ0) is 6.69. The highest BCUT2D eigenvalue weighted by Gasteiger charge is 1.97. The molecule has 1 rings (SSSR count). The molecule has 0 amide bonds. The Kier molecular flexibility index (Phi) is 1.96. The molecular weight excluding hydrogens is 138 g/mol. The second kappa shape index (κ2) is 2.75. The van der Waals surface area contributed by atoms with E-state index in [9.17, 15) is 0 Å². The Morgan fingerprint density at radius 1 is 1.67 bits per heavy atom. The summed E-state index contributed by atoms with van der Waals surface area (Å²) in [5.41, 5.74) is 5.27. The fraction of sp³-hybridized carbons (Fsp3) is 0.500. The van der Waals surface area contributed by atoms with Gasteiger partial charge in [-0.1, -0.05) is 0 Å². The molecule has 1 heterocycles. The maximum absolute atomic E-state index is 8.41. The van der Waals surface area contributed by atoms with E-state index in [1.54, 1.807) is 0 Å². The Hall–Kier alpha value is -0.680. The lowest BCUT2D eigenvalue weighted by Gasteiger charge is -1.83. The summed E-state index contributed by atoms with van der Waals surface area (Å²) in [5, 5.41) is 8.87. The molecule has 4 nitrogen and oxygen atoms in total. The van der Waals surface area contributed by atoms with Crippen LogP contribution in [0.4, 0.5) is 5.13 Å². The number of hydrogen-bond donors (Lipinski definition) is 2. The smallest absolute Gasteiger partial charge is 0.199 e. The predicted octanol–water partition coefficient (Wildman–Crippen LogP) is -0.345. The Morgan fingerprint density at radius 3 is 2.89 bits per heavy atom. The highest BCUT2D eigenvalue weighted by Crippen LogP contribution is 2.04. The van der Waals surface area contributed by atoms with Crippen molar-refractivity contribution in [2.45, 2.75) is 6.42 Å². The van der Waals surface area contributed by atoms with Crippen LogP contribution in [0.3, 0.4) is 0 Å². The molecule has 0 aromatic carbocycles. The minimum Gasteiger partial charge on any atom is -0.396 e. The van der Waals surface area contributed by atoms with Gasteiger partial charge in [0.05, 0.1) is 6.61 Å². The first-order chi connectivity index (χ1) is 4.33. The van der Waals surface area contributed by atoms with Crippen LogP contribution in [-0.4, -0.2) is 21.1 Å². The van der Waals surface area contributed by atoms with E-state index in [2.05, 4.69) is 9.36 Å². The Labute approximate surface area is 56.5 Å². The van der Waals surface area contributed by atoms with Gasteiger partial charge in [-0.3, -0.25) is 0 Å². The summed E-state index contributed by atoms with van der Waals surface area (Å²) in [6.07, 6.45) is 0.494. The van der Waals surface area contributed by atoms with Crippen molar-refractivity contribution in [1.82, 2.24) is 9.36 Å². The summed E-state index contributed by atoms with van der Waals surface area (Å²) in [6, 6.07) is 0. The van der Waals surface area contributed by atoms with Crippen molar-refractivity contribution in [2.75, 3.05) is 12.3 Å². The molecule has 0 radical (unpaired) electrons. The van der Waals surface area contributed by atoms with Gasteiger partial charge in [-0.15, -0.1) is 0 Å². The topological polar surface area (TPSA) is 72.0 Å². The molecule has 0 atom stereocenters. The average molecular weight is 145 g/mol. The van der Waals surface area contributed by atoms with Gasteiger partial charge in [0.1, 0.15) is 5.82 Å². The van der Waals surface area contributed by atoms with Crippen molar-refractivity contribution in [1.29, 1.82) is 0 Å². The molecule has 0 fully saturated rings. The average Bonchev–Trinajstić information content (AvgIpc) is 2.17. The number of nitrogens with two attached hydrogens (primary N) is 1. The fourth-order valence-electron chi connectivity index (χ4n) is 0.469. The zero-order valence-corrected chi connectivity index (χ0v) is 5.56. The van der Waals surface area contributed by atoms with Crippen LogP contribution in [0.1, 0.15) is 5.82 Å². The summed E-state index contributed by atoms with van der Waals surface area (Å²) in [7, 11) is 0.